The predicted octanol–water partition coefficient (Wildman–Crippen LogP) is 0.781. The van der Waals surface area contributed by atoms with Crippen molar-refractivity contribution < 1.29 is 19.4 Å². The van der Waals surface area contributed by atoms with Gasteiger partial charge in [0.1, 0.15) is 12.6 Å². The first kappa shape index (κ1) is 12.0. The van der Waals surface area contributed by atoms with Gasteiger partial charge in [0.15, 0.2) is 0 Å². The molecule has 0 saturated carbocycles. The van der Waals surface area contributed by atoms with Gasteiger partial charge in [-0.25, -0.2) is 4.79 Å². The van der Waals surface area contributed by atoms with Crippen LogP contribution in [0.2, 0.25) is 0 Å². The normalized spacial score (nSPS) is 11.6. The van der Waals surface area contributed by atoms with E-state index in [1.165, 1.54) is 6.92 Å². The van der Waals surface area contributed by atoms with Crippen LogP contribution in [-0.2, 0) is 16.1 Å². The largest absolute Gasteiger partial charge is 0.480 e. The van der Waals surface area contributed by atoms with Crippen LogP contribution in [0.15, 0.2) is 24.5 Å². The van der Waals surface area contributed by atoms with E-state index in [1.54, 1.807) is 24.5 Å². The van der Waals surface area contributed by atoms with Gasteiger partial charge in [0, 0.05) is 18.0 Å². The molecule has 1 heterocycles. The number of hydrogen-bond donors (Lipinski definition) is 2. The lowest BCUT2D eigenvalue weighted by molar-refractivity contribution is -0.138. The van der Waals surface area contributed by atoms with E-state index < -0.39 is 18.1 Å². The summed E-state index contributed by atoms with van der Waals surface area (Å²) >= 11 is 0. The quantitative estimate of drug-likeness (QED) is 0.789. The zero-order chi connectivity index (χ0) is 12.0. The second-order valence-corrected chi connectivity index (χ2v) is 3.14. The zero-order valence-electron chi connectivity index (χ0n) is 8.71. The van der Waals surface area contributed by atoms with Crippen LogP contribution in [0.1, 0.15) is 12.5 Å². The molecule has 0 fully saturated rings. The topological polar surface area (TPSA) is 88.5 Å². The molecule has 16 heavy (non-hydrogen) atoms. The number of hydrogen-bond acceptors (Lipinski definition) is 4. The van der Waals surface area contributed by atoms with E-state index in [4.69, 9.17) is 9.84 Å². The summed E-state index contributed by atoms with van der Waals surface area (Å²) in [6.45, 7) is 1.42. The number of aliphatic carboxylic acids is 1. The molecule has 0 aromatic carbocycles. The van der Waals surface area contributed by atoms with Crippen molar-refractivity contribution >= 4 is 12.1 Å². The molecule has 6 heteroatoms. The van der Waals surface area contributed by atoms with Crippen molar-refractivity contribution in [3.05, 3.63) is 30.1 Å². The average Bonchev–Trinajstić information content (AvgIpc) is 2.27. The van der Waals surface area contributed by atoms with Gasteiger partial charge in [-0.15, -0.1) is 0 Å². The zero-order valence-corrected chi connectivity index (χ0v) is 8.71. The Morgan fingerprint density at radius 3 is 2.94 bits per heavy atom. The van der Waals surface area contributed by atoms with Crippen LogP contribution in [-0.4, -0.2) is 28.2 Å². The molecule has 0 bridgehead atoms. The molecule has 1 rings (SSSR count). The van der Waals surface area contributed by atoms with Gasteiger partial charge in [0.25, 0.3) is 0 Å². The number of rotatable bonds is 4. The van der Waals surface area contributed by atoms with Gasteiger partial charge in [-0.2, -0.15) is 0 Å². The van der Waals surface area contributed by atoms with Crippen LogP contribution >= 0.6 is 0 Å². The molecule has 0 spiro atoms. The van der Waals surface area contributed by atoms with Crippen molar-refractivity contribution in [1.82, 2.24) is 10.3 Å². The first-order chi connectivity index (χ1) is 7.59. The molecular formula is C10H12N2O4. The SMILES string of the molecule is C[C@@H](NC(=O)OCc1cccnc1)C(=O)O. The summed E-state index contributed by atoms with van der Waals surface area (Å²) in [6, 6.07) is 2.50. The highest BCUT2D eigenvalue weighted by Crippen LogP contribution is 1.98. The first-order valence-corrected chi connectivity index (χ1v) is 4.64. The molecule has 0 saturated heterocycles. The minimum Gasteiger partial charge on any atom is -0.480 e. The summed E-state index contributed by atoms with van der Waals surface area (Å²) < 4.78 is 4.80. The number of aromatic nitrogens is 1. The molecule has 2 N–H and O–H groups in total. The van der Waals surface area contributed by atoms with Crippen molar-refractivity contribution in [3.8, 4) is 0 Å². The summed E-state index contributed by atoms with van der Waals surface area (Å²) in [6.07, 6.45) is 2.41. The lowest BCUT2D eigenvalue weighted by Gasteiger charge is -2.09. The molecule has 1 aromatic heterocycles. The number of alkyl carbamates (subject to hydrolysis) is 1. The molecule has 0 aliphatic heterocycles. The number of carbonyl (C=O) groups excluding carboxylic acids is 1. The Hall–Kier alpha value is -2.11. The van der Waals surface area contributed by atoms with Crippen LogP contribution in [0.4, 0.5) is 4.79 Å². The average molecular weight is 224 g/mol. The Kier molecular flexibility index (Phi) is 4.26. The first-order valence-electron chi connectivity index (χ1n) is 4.64. The number of nitrogens with one attached hydrogen (secondary N) is 1. The van der Waals surface area contributed by atoms with E-state index >= 15 is 0 Å². The Bertz CT molecular complexity index is 366. The fourth-order valence-electron chi connectivity index (χ4n) is 0.913. The molecule has 6 nitrogen and oxygen atoms in total. The maximum atomic E-state index is 11.1. The molecule has 0 unspecified atom stereocenters. The Balaban J connectivity index is 2.33. The third-order valence-corrected chi connectivity index (χ3v) is 1.80. The lowest BCUT2D eigenvalue weighted by Crippen LogP contribution is -2.38. The van der Waals surface area contributed by atoms with Gasteiger partial charge in [0.2, 0.25) is 0 Å². The van der Waals surface area contributed by atoms with Gasteiger partial charge in [-0.3, -0.25) is 9.78 Å². The number of carboxylic acid groups (broad SMARTS) is 1. The van der Waals surface area contributed by atoms with Crippen molar-refractivity contribution in [3.63, 3.8) is 0 Å². The number of carboxylic acids is 1. The molecule has 1 amide bonds. The second-order valence-electron chi connectivity index (χ2n) is 3.14. The van der Waals surface area contributed by atoms with Crippen LogP contribution in [0.5, 0.6) is 0 Å². The van der Waals surface area contributed by atoms with Crippen LogP contribution < -0.4 is 5.32 Å². The van der Waals surface area contributed by atoms with Gasteiger partial charge >= 0.3 is 12.1 Å². The van der Waals surface area contributed by atoms with Crippen molar-refractivity contribution in [2.24, 2.45) is 0 Å². The van der Waals surface area contributed by atoms with E-state index in [1.807, 2.05) is 0 Å². The third kappa shape index (κ3) is 3.95. The summed E-state index contributed by atoms with van der Waals surface area (Å²) in [4.78, 5) is 25.4. The van der Waals surface area contributed by atoms with Gasteiger partial charge in [-0.05, 0) is 13.0 Å². The lowest BCUT2D eigenvalue weighted by atomic mass is 10.3. The highest BCUT2D eigenvalue weighted by Gasteiger charge is 2.14. The predicted molar refractivity (Wildman–Crippen MR) is 54.7 cm³/mol. The number of amides is 1. The van der Waals surface area contributed by atoms with Gasteiger partial charge < -0.3 is 15.2 Å². The highest BCUT2D eigenvalue weighted by atomic mass is 16.5. The fourth-order valence-corrected chi connectivity index (χ4v) is 0.913. The van der Waals surface area contributed by atoms with E-state index in [-0.39, 0.29) is 6.61 Å². The standard InChI is InChI=1S/C10H12N2O4/c1-7(9(13)14)12-10(15)16-6-8-3-2-4-11-5-8/h2-5,7H,6H2,1H3,(H,12,15)(H,13,14)/t7-/m1/s1. The van der Waals surface area contributed by atoms with Gasteiger partial charge in [0.05, 0.1) is 0 Å². The molecule has 0 radical (unpaired) electrons. The summed E-state index contributed by atoms with van der Waals surface area (Å²) in [5.74, 6) is -1.11. The Morgan fingerprint density at radius 1 is 1.62 bits per heavy atom. The molecule has 0 aliphatic carbocycles. The van der Waals surface area contributed by atoms with E-state index in [0.717, 1.165) is 5.56 Å². The smallest absolute Gasteiger partial charge is 0.408 e. The van der Waals surface area contributed by atoms with E-state index in [0.29, 0.717) is 0 Å². The molecular weight excluding hydrogens is 212 g/mol. The maximum Gasteiger partial charge on any atom is 0.408 e. The minimum atomic E-state index is -1.11. The number of carbonyl (C=O) groups is 2. The van der Waals surface area contributed by atoms with Crippen LogP contribution in [0.25, 0.3) is 0 Å². The van der Waals surface area contributed by atoms with Crippen LogP contribution in [0.3, 0.4) is 0 Å². The number of pyridine rings is 1. The second kappa shape index (κ2) is 5.69. The van der Waals surface area contributed by atoms with Crippen molar-refractivity contribution in [2.45, 2.75) is 19.6 Å². The maximum absolute atomic E-state index is 11.1. The summed E-state index contributed by atoms with van der Waals surface area (Å²) in [5.41, 5.74) is 0.737. The Labute approximate surface area is 92.3 Å². The van der Waals surface area contributed by atoms with Crippen molar-refractivity contribution in [1.29, 1.82) is 0 Å². The number of ether oxygens (including phenoxy) is 1. The molecule has 0 aliphatic rings. The summed E-state index contributed by atoms with van der Waals surface area (Å²) in [5, 5.41) is 10.7. The fraction of sp³-hybridized carbons (Fsp3) is 0.300. The van der Waals surface area contributed by atoms with E-state index in [2.05, 4.69) is 10.3 Å². The Morgan fingerprint density at radius 2 is 2.38 bits per heavy atom. The molecule has 1 atom stereocenters. The third-order valence-electron chi connectivity index (χ3n) is 1.80. The van der Waals surface area contributed by atoms with Gasteiger partial charge in [-0.1, -0.05) is 6.07 Å². The van der Waals surface area contributed by atoms with Crippen LogP contribution in [0, 0.1) is 0 Å². The highest BCUT2D eigenvalue weighted by molar-refractivity contribution is 5.79. The van der Waals surface area contributed by atoms with Crippen molar-refractivity contribution in [2.75, 3.05) is 0 Å². The number of nitrogens with zero attached hydrogens (tertiary/aromatic N) is 1. The molecule has 1 aromatic rings. The monoisotopic (exact) mass is 224 g/mol. The minimum absolute atomic E-state index is 0.0615. The summed E-state index contributed by atoms with van der Waals surface area (Å²) in [7, 11) is 0. The molecule has 86 valence electrons. The van der Waals surface area contributed by atoms with E-state index in [9.17, 15) is 9.59 Å².